The monoisotopic (exact) mass is 217 g/mol. The first-order valence-corrected chi connectivity index (χ1v) is 3.97. The Labute approximate surface area is 79.0 Å². The molecule has 0 aromatic rings. The fraction of sp³-hybridized carbons (Fsp3) is 0.750. The predicted molar refractivity (Wildman–Crippen MR) is 43.3 cm³/mol. The minimum atomic E-state index is -5.31. The molecule has 0 saturated carbocycles. The maximum absolute atomic E-state index is 13.3. The van der Waals surface area contributed by atoms with Crippen LogP contribution in [0.25, 0.3) is 0 Å². The first-order valence-electron chi connectivity index (χ1n) is 3.97. The zero-order valence-electron chi connectivity index (χ0n) is 7.88. The molecule has 0 aliphatic carbocycles. The lowest BCUT2D eigenvalue weighted by Gasteiger charge is -2.31. The molecule has 84 valence electrons. The summed E-state index contributed by atoms with van der Waals surface area (Å²) < 4.78 is 62.9. The van der Waals surface area contributed by atoms with Crippen molar-refractivity contribution in [2.45, 2.75) is 32.0 Å². The van der Waals surface area contributed by atoms with E-state index in [9.17, 15) is 22.0 Å². The van der Waals surface area contributed by atoms with Crippen LogP contribution in [0.5, 0.6) is 0 Å². The van der Waals surface area contributed by atoms with Crippen LogP contribution in [-0.4, -0.2) is 24.7 Å². The molecule has 0 radical (unpaired) electrons. The molecule has 6 heteroatoms. The largest absolute Gasteiger partial charge is 0.430 e. The van der Waals surface area contributed by atoms with Gasteiger partial charge in [-0.15, -0.1) is 0 Å². The summed E-state index contributed by atoms with van der Waals surface area (Å²) in [4.78, 5) is 0. The highest BCUT2D eigenvalue weighted by atomic mass is 19.4. The molecule has 0 fully saturated rings. The number of hydrogen-bond donors (Lipinski definition) is 1. The highest BCUT2D eigenvalue weighted by Gasteiger charge is 2.62. The van der Waals surface area contributed by atoms with Crippen LogP contribution in [-0.2, 0) is 0 Å². The van der Waals surface area contributed by atoms with E-state index in [-0.39, 0.29) is 6.54 Å². The zero-order chi connectivity index (χ0) is 11.6. The first-order chi connectivity index (χ1) is 6.17. The van der Waals surface area contributed by atoms with Crippen LogP contribution in [0.1, 0.15) is 13.8 Å². The topological polar surface area (TPSA) is 12.0 Å². The summed E-state index contributed by atoms with van der Waals surface area (Å²) in [6.07, 6.45) is -8.13. The maximum Gasteiger partial charge on any atom is 0.430 e. The average molecular weight is 217 g/mol. The Morgan fingerprint density at radius 1 is 1.36 bits per heavy atom. The van der Waals surface area contributed by atoms with Crippen LogP contribution in [0.3, 0.4) is 0 Å². The van der Waals surface area contributed by atoms with Crippen molar-refractivity contribution in [3.8, 4) is 0 Å². The molecule has 0 bridgehead atoms. The molecule has 0 aliphatic heterocycles. The Morgan fingerprint density at radius 2 is 1.79 bits per heavy atom. The van der Waals surface area contributed by atoms with Crippen molar-refractivity contribution in [2.24, 2.45) is 0 Å². The standard InChI is InChI=1S/C8H12F5N/c1-4-14-6(9)7(10,5(2)3)8(11,12)13/h6,14H,2,4H2,1,3H3. The van der Waals surface area contributed by atoms with Gasteiger partial charge < -0.3 is 0 Å². The van der Waals surface area contributed by atoms with Crippen molar-refractivity contribution in [1.29, 1.82) is 0 Å². The van der Waals surface area contributed by atoms with Gasteiger partial charge in [0.1, 0.15) is 0 Å². The fourth-order valence-corrected chi connectivity index (χ4v) is 0.922. The van der Waals surface area contributed by atoms with Crippen LogP contribution < -0.4 is 5.32 Å². The van der Waals surface area contributed by atoms with Crippen molar-refractivity contribution in [1.82, 2.24) is 5.32 Å². The quantitative estimate of drug-likeness (QED) is 0.433. The molecular formula is C8H12F5N. The van der Waals surface area contributed by atoms with E-state index >= 15 is 0 Å². The van der Waals surface area contributed by atoms with Gasteiger partial charge in [-0.1, -0.05) is 13.5 Å². The van der Waals surface area contributed by atoms with Gasteiger partial charge in [0, 0.05) is 0 Å². The number of nitrogens with one attached hydrogen (secondary N) is 1. The Balaban J connectivity index is 5.01. The second-order valence-electron chi connectivity index (χ2n) is 2.91. The summed E-state index contributed by atoms with van der Waals surface area (Å²) in [7, 11) is 0. The molecule has 14 heavy (non-hydrogen) atoms. The number of halogens is 5. The number of alkyl halides is 5. The van der Waals surface area contributed by atoms with Crippen molar-refractivity contribution < 1.29 is 22.0 Å². The molecule has 0 saturated heterocycles. The van der Waals surface area contributed by atoms with Gasteiger partial charge in [-0.05, 0) is 19.0 Å². The Morgan fingerprint density at radius 3 is 2.00 bits per heavy atom. The SMILES string of the molecule is C=C(C)C(F)(C(F)NCC)C(F)(F)F. The molecule has 1 nitrogen and oxygen atoms in total. The van der Waals surface area contributed by atoms with E-state index in [0.29, 0.717) is 0 Å². The van der Waals surface area contributed by atoms with E-state index < -0.39 is 23.7 Å². The summed E-state index contributed by atoms with van der Waals surface area (Å²) in [5, 5.41) is 1.75. The van der Waals surface area contributed by atoms with Gasteiger partial charge in [0.15, 0.2) is 6.30 Å². The van der Waals surface area contributed by atoms with Crippen molar-refractivity contribution >= 4 is 0 Å². The summed E-state index contributed by atoms with van der Waals surface area (Å²) in [6.45, 7) is 4.90. The molecule has 0 heterocycles. The summed E-state index contributed by atoms with van der Waals surface area (Å²) in [5.41, 5.74) is -4.93. The van der Waals surface area contributed by atoms with Gasteiger partial charge in [0.05, 0.1) is 0 Å². The van der Waals surface area contributed by atoms with E-state index in [1.165, 1.54) is 6.92 Å². The Hall–Kier alpha value is -0.650. The molecule has 0 aromatic carbocycles. The molecule has 1 N–H and O–H groups in total. The first kappa shape index (κ1) is 13.4. The average Bonchev–Trinajstić information content (AvgIpc) is 2.00. The van der Waals surface area contributed by atoms with Crippen LogP contribution in [0.2, 0.25) is 0 Å². The van der Waals surface area contributed by atoms with Crippen molar-refractivity contribution in [3.63, 3.8) is 0 Å². The van der Waals surface area contributed by atoms with E-state index in [0.717, 1.165) is 6.92 Å². The third-order valence-corrected chi connectivity index (χ3v) is 1.77. The fourth-order valence-electron chi connectivity index (χ4n) is 0.922. The third-order valence-electron chi connectivity index (χ3n) is 1.77. The van der Waals surface area contributed by atoms with E-state index in [1.807, 2.05) is 0 Å². The van der Waals surface area contributed by atoms with Crippen molar-refractivity contribution in [3.05, 3.63) is 12.2 Å². The maximum atomic E-state index is 13.3. The number of hydrogen-bond acceptors (Lipinski definition) is 1. The minimum absolute atomic E-state index is 0.101. The Bertz CT molecular complexity index is 212. The van der Waals surface area contributed by atoms with Gasteiger partial charge in [-0.3, -0.25) is 5.32 Å². The third kappa shape index (κ3) is 2.23. The normalized spacial score (nSPS) is 18.8. The van der Waals surface area contributed by atoms with Crippen LogP contribution in [0.15, 0.2) is 12.2 Å². The Kier molecular flexibility index (Phi) is 4.05. The summed E-state index contributed by atoms with van der Waals surface area (Å²) in [5.74, 6) is 0. The highest BCUT2D eigenvalue weighted by molar-refractivity contribution is 5.17. The van der Waals surface area contributed by atoms with Crippen molar-refractivity contribution in [2.75, 3.05) is 6.54 Å². The second kappa shape index (κ2) is 4.25. The predicted octanol–water partition coefficient (Wildman–Crippen LogP) is 2.74. The minimum Gasteiger partial charge on any atom is -0.285 e. The van der Waals surface area contributed by atoms with Crippen LogP contribution in [0, 0.1) is 0 Å². The molecule has 0 amide bonds. The van der Waals surface area contributed by atoms with Gasteiger partial charge in [-0.2, -0.15) is 13.2 Å². The molecule has 0 spiro atoms. The van der Waals surface area contributed by atoms with Gasteiger partial charge in [0.25, 0.3) is 5.67 Å². The lowest BCUT2D eigenvalue weighted by Crippen LogP contribution is -2.55. The van der Waals surface area contributed by atoms with E-state index in [1.54, 1.807) is 5.32 Å². The summed E-state index contributed by atoms with van der Waals surface area (Å²) >= 11 is 0. The molecule has 2 atom stereocenters. The van der Waals surface area contributed by atoms with Gasteiger partial charge in [0.2, 0.25) is 0 Å². The van der Waals surface area contributed by atoms with Gasteiger partial charge in [-0.25, -0.2) is 8.78 Å². The lowest BCUT2D eigenvalue weighted by molar-refractivity contribution is -0.238. The lowest BCUT2D eigenvalue weighted by atomic mass is 9.96. The highest BCUT2D eigenvalue weighted by Crippen LogP contribution is 2.42. The molecule has 2 unspecified atom stereocenters. The smallest absolute Gasteiger partial charge is 0.285 e. The molecular weight excluding hydrogens is 205 g/mol. The molecule has 0 aliphatic rings. The molecule has 0 rings (SSSR count). The number of rotatable bonds is 4. The molecule has 0 aromatic heterocycles. The summed E-state index contributed by atoms with van der Waals surface area (Å²) in [6, 6.07) is 0. The van der Waals surface area contributed by atoms with Gasteiger partial charge >= 0.3 is 6.18 Å². The van der Waals surface area contributed by atoms with Crippen LogP contribution >= 0.6 is 0 Å². The van der Waals surface area contributed by atoms with Crippen LogP contribution in [0.4, 0.5) is 22.0 Å². The zero-order valence-corrected chi connectivity index (χ0v) is 7.88. The van der Waals surface area contributed by atoms with E-state index in [4.69, 9.17) is 0 Å². The second-order valence-corrected chi connectivity index (χ2v) is 2.91. The van der Waals surface area contributed by atoms with E-state index in [2.05, 4.69) is 6.58 Å².